The number of nitrogens with two attached hydrogens (primary N) is 1. The Morgan fingerprint density at radius 3 is 2.67 bits per heavy atom. The summed E-state index contributed by atoms with van der Waals surface area (Å²) in [6, 6.07) is 2.23. The van der Waals surface area contributed by atoms with Gasteiger partial charge >= 0.3 is 0 Å². The topological polar surface area (TPSA) is 35.2 Å². The molecule has 0 saturated heterocycles. The fourth-order valence-corrected chi connectivity index (χ4v) is 0.824. The molecule has 0 spiro atoms. The molecule has 66 valence electrons. The lowest BCUT2D eigenvalue weighted by Crippen LogP contribution is -2.00. The normalized spacial score (nSPS) is 9.92. The Balaban J connectivity index is 3.14. The van der Waals surface area contributed by atoms with E-state index in [0.29, 0.717) is 0 Å². The van der Waals surface area contributed by atoms with Crippen LogP contribution in [0.2, 0.25) is 0 Å². The van der Waals surface area contributed by atoms with Gasteiger partial charge in [0.1, 0.15) is 0 Å². The maximum absolute atomic E-state index is 13.0. The van der Waals surface area contributed by atoms with Crippen molar-refractivity contribution in [2.45, 2.75) is 6.92 Å². The molecule has 0 unspecified atom stereocenters. The number of rotatable bonds is 2. The molecule has 2 nitrogen and oxygen atoms in total. The van der Waals surface area contributed by atoms with Gasteiger partial charge in [0.05, 0.1) is 12.3 Å². The Morgan fingerprint density at radius 2 is 2.08 bits per heavy atom. The van der Waals surface area contributed by atoms with Crippen LogP contribution in [0.3, 0.4) is 0 Å². The average Bonchev–Trinajstić information content (AvgIpc) is 2.06. The number of benzene rings is 1. The number of anilines is 1. The van der Waals surface area contributed by atoms with Crippen molar-refractivity contribution in [1.82, 2.24) is 0 Å². The zero-order valence-electron chi connectivity index (χ0n) is 6.60. The number of nitrogen functional groups attached to an aromatic ring is 1. The van der Waals surface area contributed by atoms with E-state index in [-0.39, 0.29) is 12.3 Å². The quantitative estimate of drug-likeness (QED) is 0.693. The molecule has 1 aromatic carbocycles. The van der Waals surface area contributed by atoms with Crippen LogP contribution >= 0.6 is 0 Å². The van der Waals surface area contributed by atoms with Crippen LogP contribution in [0.1, 0.15) is 6.92 Å². The third-order valence-corrected chi connectivity index (χ3v) is 1.37. The lowest BCUT2D eigenvalue weighted by molar-refractivity contribution is 0.303. The molecule has 0 aliphatic carbocycles. The van der Waals surface area contributed by atoms with Crippen LogP contribution in [0.25, 0.3) is 0 Å². The first-order valence-electron chi connectivity index (χ1n) is 3.53. The minimum absolute atomic E-state index is 0.111. The predicted molar refractivity (Wildman–Crippen MR) is 41.9 cm³/mol. The van der Waals surface area contributed by atoms with Crippen molar-refractivity contribution in [3.05, 3.63) is 23.8 Å². The Labute approximate surface area is 68.9 Å². The van der Waals surface area contributed by atoms with E-state index in [1.165, 1.54) is 0 Å². The molecule has 4 heteroatoms. The van der Waals surface area contributed by atoms with Gasteiger partial charge in [0.25, 0.3) is 0 Å². The smallest absolute Gasteiger partial charge is 0.192 e. The zero-order chi connectivity index (χ0) is 9.14. The highest BCUT2D eigenvalue weighted by molar-refractivity contribution is 5.46. The molecule has 0 amide bonds. The highest BCUT2D eigenvalue weighted by Gasteiger charge is 2.12. The second-order valence-corrected chi connectivity index (χ2v) is 2.21. The third-order valence-electron chi connectivity index (χ3n) is 1.37. The molecule has 2 N–H and O–H groups in total. The monoisotopic (exact) mass is 173 g/mol. The van der Waals surface area contributed by atoms with E-state index in [2.05, 4.69) is 0 Å². The van der Waals surface area contributed by atoms with E-state index in [4.69, 9.17) is 10.5 Å². The van der Waals surface area contributed by atoms with E-state index >= 15 is 0 Å². The third kappa shape index (κ3) is 1.47. The molecule has 12 heavy (non-hydrogen) atoms. The largest absolute Gasteiger partial charge is 0.488 e. The molecule has 0 atom stereocenters. The fraction of sp³-hybridized carbons (Fsp3) is 0.250. The fourth-order valence-electron chi connectivity index (χ4n) is 0.824. The SMILES string of the molecule is CCOc1c(F)ccc(N)c1F. The van der Waals surface area contributed by atoms with Gasteiger partial charge in [-0.2, -0.15) is 0 Å². The van der Waals surface area contributed by atoms with Crippen LogP contribution in [0.15, 0.2) is 12.1 Å². The van der Waals surface area contributed by atoms with Crippen LogP contribution in [-0.4, -0.2) is 6.61 Å². The Morgan fingerprint density at radius 1 is 1.42 bits per heavy atom. The van der Waals surface area contributed by atoms with Gasteiger partial charge in [0.2, 0.25) is 0 Å². The first kappa shape index (κ1) is 8.77. The molecule has 0 aliphatic heterocycles. The Hall–Kier alpha value is -1.32. The van der Waals surface area contributed by atoms with Gasteiger partial charge in [-0.3, -0.25) is 0 Å². The van der Waals surface area contributed by atoms with Crippen LogP contribution < -0.4 is 10.5 Å². The van der Waals surface area contributed by atoms with Crippen molar-refractivity contribution < 1.29 is 13.5 Å². The van der Waals surface area contributed by atoms with Crippen molar-refractivity contribution in [2.24, 2.45) is 0 Å². The lowest BCUT2D eigenvalue weighted by Gasteiger charge is -2.06. The highest BCUT2D eigenvalue weighted by Crippen LogP contribution is 2.25. The van der Waals surface area contributed by atoms with Gasteiger partial charge in [0, 0.05) is 0 Å². The Kier molecular flexibility index (Phi) is 2.47. The summed E-state index contributed by atoms with van der Waals surface area (Å²) in [5, 5.41) is 0. The minimum atomic E-state index is -0.836. The predicted octanol–water partition coefficient (Wildman–Crippen LogP) is 1.95. The molecular weight excluding hydrogens is 164 g/mol. The molecule has 0 saturated carbocycles. The molecule has 0 aliphatic rings. The standard InChI is InChI=1S/C8H9F2NO/c1-2-12-8-5(9)3-4-6(11)7(8)10/h3-4H,2,11H2,1H3. The van der Waals surface area contributed by atoms with Crippen molar-refractivity contribution in [3.63, 3.8) is 0 Å². The second-order valence-electron chi connectivity index (χ2n) is 2.21. The summed E-state index contributed by atoms with van der Waals surface area (Å²) < 4.78 is 30.5. The summed E-state index contributed by atoms with van der Waals surface area (Å²) >= 11 is 0. The first-order valence-corrected chi connectivity index (χ1v) is 3.53. The molecule has 0 fully saturated rings. The van der Waals surface area contributed by atoms with Gasteiger partial charge in [-0.05, 0) is 19.1 Å². The average molecular weight is 173 g/mol. The summed E-state index contributed by atoms with van der Waals surface area (Å²) in [4.78, 5) is 0. The van der Waals surface area contributed by atoms with Crippen LogP contribution in [0.4, 0.5) is 14.5 Å². The molecule has 0 heterocycles. The zero-order valence-corrected chi connectivity index (χ0v) is 6.60. The van der Waals surface area contributed by atoms with E-state index in [9.17, 15) is 8.78 Å². The van der Waals surface area contributed by atoms with Crippen molar-refractivity contribution in [1.29, 1.82) is 0 Å². The number of hydrogen-bond donors (Lipinski definition) is 1. The van der Waals surface area contributed by atoms with Crippen molar-refractivity contribution in [2.75, 3.05) is 12.3 Å². The number of hydrogen-bond acceptors (Lipinski definition) is 2. The van der Waals surface area contributed by atoms with Crippen LogP contribution in [-0.2, 0) is 0 Å². The summed E-state index contributed by atoms with van der Waals surface area (Å²) in [5.41, 5.74) is 5.09. The van der Waals surface area contributed by atoms with Gasteiger partial charge in [-0.15, -0.1) is 0 Å². The summed E-state index contributed by atoms with van der Waals surface area (Å²) in [6.07, 6.45) is 0. The molecule has 0 bridgehead atoms. The molecule has 1 aromatic rings. The molecule has 0 radical (unpaired) electrons. The number of halogens is 2. The molecule has 0 aromatic heterocycles. The van der Waals surface area contributed by atoms with Crippen LogP contribution in [0, 0.1) is 11.6 Å². The van der Waals surface area contributed by atoms with Gasteiger partial charge in [0.15, 0.2) is 17.4 Å². The maximum Gasteiger partial charge on any atom is 0.192 e. The van der Waals surface area contributed by atoms with Crippen molar-refractivity contribution >= 4 is 5.69 Å². The Bertz CT molecular complexity index is 289. The molecular formula is C8H9F2NO. The van der Waals surface area contributed by atoms with E-state index < -0.39 is 17.4 Å². The lowest BCUT2D eigenvalue weighted by atomic mass is 10.3. The van der Waals surface area contributed by atoms with Gasteiger partial charge < -0.3 is 10.5 Å². The highest BCUT2D eigenvalue weighted by atomic mass is 19.1. The summed E-state index contributed by atoms with van der Waals surface area (Å²) in [5.74, 6) is -1.97. The van der Waals surface area contributed by atoms with E-state index in [1.54, 1.807) is 6.92 Å². The van der Waals surface area contributed by atoms with E-state index in [0.717, 1.165) is 12.1 Å². The summed E-state index contributed by atoms with van der Waals surface area (Å²) in [7, 11) is 0. The van der Waals surface area contributed by atoms with Gasteiger partial charge in [-0.25, -0.2) is 8.78 Å². The number of ether oxygens (including phenoxy) is 1. The second kappa shape index (κ2) is 3.38. The maximum atomic E-state index is 13.0. The summed E-state index contributed by atoms with van der Waals surface area (Å²) in [6.45, 7) is 1.85. The van der Waals surface area contributed by atoms with Gasteiger partial charge in [-0.1, -0.05) is 0 Å². The molecule has 1 rings (SSSR count). The minimum Gasteiger partial charge on any atom is -0.488 e. The van der Waals surface area contributed by atoms with Crippen LogP contribution in [0.5, 0.6) is 5.75 Å². The first-order chi connectivity index (χ1) is 5.66. The van der Waals surface area contributed by atoms with Crippen molar-refractivity contribution in [3.8, 4) is 5.75 Å². The van der Waals surface area contributed by atoms with E-state index in [1.807, 2.05) is 0 Å².